The normalized spacial score (nSPS) is 15.3. The van der Waals surface area contributed by atoms with Crippen molar-refractivity contribution in [3.63, 3.8) is 0 Å². The number of carbonyl (C=O) groups excluding carboxylic acids is 2. The minimum Gasteiger partial charge on any atom is -0.385 e. The second-order valence-electron chi connectivity index (χ2n) is 8.12. The summed E-state index contributed by atoms with van der Waals surface area (Å²) in [5.74, 6) is -0.147. The summed E-state index contributed by atoms with van der Waals surface area (Å²) >= 11 is 16.0. The van der Waals surface area contributed by atoms with Crippen molar-refractivity contribution in [1.29, 1.82) is 0 Å². The average molecular weight is 538 g/mol. The molecule has 180 valence electrons. The Bertz CT molecular complexity index is 1130. The van der Waals surface area contributed by atoms with Crippen molar-refractivity contribution in [2.24, 2.45) is 0 Å². The van der Waals surface area contributed by atoms with Crippen LogP contribution in [0.2, 0.25) is 10.0 Å². The number of hydrogen-bond donors (Lipinski definition) is 0. The van der Waals surface area contributed by atoms with Gasteiger partial charge in [-0.05, 0) is 59.0 Å². The van der Waals surface area contributed by atoms with Crippen molar-refractivity contribution in [3.05, 3.63) is 78.1 Å². The second-order valence-corrected chi connectivity index (χ2v) is 11.0. The van der Waals surface area contributed by atoms with Gasteiger partial charge in [0.2, 0.25) is 11.8 Å². The molecule has 1 aromatic carbocycles. The predicted molar refractivity (Wildman–Crippen MR) is 139 cm³/mol. The number of fused-ring (bicyclic) bond motifs is 1. The van der Waals surface area contributed by atoms with Gasteiger partial charge in [-0.15, -0.1) is 22.7 Å². The number of ether oxygens (including phenoxy) is 1. The molecule has 2 amide bonds. The van der Waals surface area contributed by atoms with Gasteiger partial charge in [-0.2, -0.15) is 0 Å². The molecule has 0 N–H and O–H groups in total. The minimum atomic E-state index is -0.305. The van der Waals surface area contributed by atoms with E-state index in [0.29, 0.717) is 42.6 Å². The van der Waals surface area contributed by atoms with E-state index in [1.807, 2.05) is 28.5 Å². The van der Waals surface area contributed by atoms with Crippen molar-refractivity contribution in [3.8, 4) is 0 Å². The summed E-state index contributed by atoms with van der Waals surface area (Å²) in [5, 5.41) is 5.09. The van der Waals surface area contributed by atoms with Crippen LogP contribution in [-0.2, 0) is 27.2 Å². The number of rotatable bonds is 9. The highest BCUT2D eigenvalue weighted by molar-refractivity contribution is 7.10. The highest BCUT2D eigenvalue weighted by Crippen LogP contribution is 2.41. The van der Waals surface area contributed by atoms with Gasteiger partial charge in [-0.1, -0.05) is 35.3 Å². The lowest BCUT2D eigenvalue weighted by molar-refractivity contribution is -0.141. The summed E-state index contributed by atoms with van der Waals surface area (Å²) < 4.78 is 5.17. The molecule has 3 heterocycles. The standard InChI is InChI=1S/C25H26Cl2N2O3S2/c1-32-11-3-9-28(23(30)15-18-4-2-12-33-18)16-24(31)29-10-7-22-20(8-13-34-22)25(29)19-6-5-17(26)14-21(19)27/h2,4-6,8,12-14,25H,3,7,9-11,15-16H2,1H3. The number of carbonyl (C=O) groups is 2. The van der Waals surface area contributed by atoms with Gasteiger partial charge in [0.05, 0.1) is 19.0 Å². The van der Waals surface area contributed by atoms with Crippen LogP contribution in [-0.4, -0.2) is 55.0 Å². The monoisotopic (exact) mass is 536 g/mol. The van der Waals surface area contributed by atoms with Gasteiger partial charge in [0.1, 0.15) is 0 Å². The fourth-order valence-corrected chi connectivity index (χ4v) is 6.38. The Kier molecular flexibility index (Phi) is 8.66. The topological polar surface area (TPSA) is 49.9 Å². The van der Waals surface area contributed by atoms with Crippen molar-refractivity contribution >= 4 is 57.7 Å². The molecule has 0 fully saturated rings. The first-order valence-electron chi connectivity index (χ1n) is 11.1. The first-order valence-corrected chi connectivity index (χ1v) is 13.6. The molecule has 1 unspecified atom stereocenters. The molecule has 0 bridgehead atoms. The molecule has 3 aromatic rings. The average Bonchev–Trinajstić information content (AvgIpc) is 3.50. The molecule has 1 aliphatic rings. The van der Waals surface area contributed by atoms with Crippen LogP contribution < -0.4 is 0 Å². The van der Waals surface area contributed by atoms with Crippen molar-refractivity contribution in [2.45, 2.75) is 25.3 Å². The first-order chi connectivity index (χ1) is 16.5. The van der Waals surface area contributed by atoms with E-state index < -0.39 is 0 Å². The Morgan fingerprint density at radius 1 is 1.15 bits per heavy atom. The molecule has 1 atom stereocenters. The molecule has 2 aromatic heterocycles. The maximum absolute atomic E-state index is 13.7. The predicted octanol–water partition coefficient (Wildman–Crippen LogP) is 5.70. The highest BCUT2D eigenvalue weighted by Gasteiger charge is 2.35. The number of amides is 2. The fourth-order valence-electron chi connectivity index (χ4n) is 4.26. The Hall–Kier alpha value is -1.90. The van der Waals surface area contributed by atoms with Gasteiger partial charge >= 0.3 is 0 Å². The van der Waals surface area contributed by atoms with Crippen LogP contribution in [0.5, 0.6) is 0 Å². The lowest BCUT2D eigenvalue weighted by Crippen LogP contribution is -2.47. The van der Waals surface area contributed by atoms with Crippen LogP contribution >= 0.6 is 45.9 Å². The smallest absolute Gasteiger partial charge is 0.242 e. The molecule has 4 rings (SSSR count). The maximum Gasteiger partial charge on any atom is 0.242 e. The zero-order valence-electron chi connectivity index (χ0n) is 18.8. The van der Waals surface area contributed by atoms with Crippen LogP contribution in [0.3, 0.4) is 0 Å². The summed E-state index contributed by atoms with van der Waals surface area (Å²) in [6, 6.07) is 11.0. The lowest BCUT2D eigenvalue weighted by atomic mass is 9.93. The Morgan fingerprint density at radius 3 is 2.74 bits per heavy atom. The summed E-state index contributed by atoms with van der Waals surface area (Å²) in [5.41, 5.74) is 1.93. The minimum absolute atomic E-state index is 0.0229. The molecule has 0 saturated heterocycles. The molecule has 0 radical (unpaired) electrons. The molecule has 1 aliphatic heterocycles. The van der Waals surface area contributed by atoms with Crippen LogP contribution in [0.4, 0.5) is 0 Å². The van der Waals surface area contributed by atoms with E-state index in [1.165, 1.54) is 4.88 Å². The molecular formula is C25H26Cl2N2O3S2. The largest absolute Gasteiger partial charge is 0.385 e. The molecule has 9 heteroatoms. The third-order valence-corrected chi connectivity index (χ3v) is 8.34. The van der Waals surface area contributed by atoms with Crippen LogP contribution in [0.15, 0.2) is 47.2 Å². The summed E-state index contributed by atoms with van der Waals surface area (Å²) in [7, 11) is 1.63. The van der Waals surface area contributed by atoms with Gasteiger partial charge in [-0.25, -0.2) is 0 Å². The number of hydrogen-bond acceptors (Lipinski definition) is 5. The van der Waals surface area contributed by atoms with Gasteiger partial charge < -0.3 is 14.5 Å². The van der Waals surface area contributed by atoms with Crippen LogP contribution in [0.25, 0.3) is 0 Å². The number of nitrogens with zero attached hydrogens (tertiary/aromatic N) is 2. The third-order valence-electron chi connectivity index (χ3n) is 5.90. The number of methoxy groups -OCH3 is 1. The lowest BCUT2D eigenvalue weighted by Gasteiger charge is -2.38. The molecule has 0 aliphatic carbocycles. The zero-order valence-corrected chi connectivity index (χ0v) is 22.0. The van der Waals surface area contributed by atoms with Gasteiger partial charge in [0.25, 0.3) is 0 Å². The van der Waals surface area contributed by atoms with Crippen LogP contribution in [0, 0.1) is 0 Å². The van der Waals surface area contributed by atoms with Gasteiger partial charge in [0, 0.05) is 46.6 Å². The fraction of sp³-hybridized carbons (Fsp3) is 0.360. The molecule has 0 saturated carbocycles. The number of thiophene rings is 2. The summed E-state index contributed by atoms with van der Waals surface area (Å²) in [6.07, 6.45) is 1.74. The summed E-state index contributed by atoms with van der Waals surface area (Å²) in [4.78, 5) is 32.5. The van der Waals surface area contributed by atoms with E-state index in [9.17, 15) is 9.59 Å². The van der Waals surface area contributed by atoms with E-state index in [2.05, 4.69) is 11.4 Å². The second kappa shape index (κ2) is 11.7. The zero-order chi connectivity index (χ0) is 24.1. The van der Waals surface area contributed by atoms with E-state index >= 15 is 0 Å². The number of benzene rings is 1. The van der Waals surface area contributed by atoms with Crippen LogP contribution in [0.1, 0.15) is 33.3 Å². The maximum atomic E-state index is 13.7. The molecule has 0 spiro atoms. The van der Waals surface area contributed by atoms with Gasteiger partial charge in [-0.3, -0.25) is 9.59 Å². The number of halogens is 2. The molecule has 5 nitrogen and oxygen atoms in total. The Labute approximate surface area is 217 Å². The first kappa shape index (κ1) is 25.2. The van der Waals surface area contributed by atoms with E-state index in [-0.39, 0.29) is 24.4 Å². The quantitative estimate of drug-likeness (QED) is 0.329. The van der Waals surface area contributed by atoms with E-state index in [0.717, 1.165) is 22.4 Å². The van der Waals surface area contributed by atoms with E-state index in [4.69, 9.17) is 27.9 Å². The third kappa shape index (κ3) is 5.83. The van der Waals surface area contributed by atoms with Crippen molar-refractivity contribution in [1.82, 2.24) is 9.80 Å². The van der Waals surface area contributed by atoms with Crippen molar-refractivity contribution in [2.75, 3.05) is 33.4 Å². The van der Waals surface area contributed by atoms with Gasteiger partial charge in [0.15, 0.2) is 0 Å². The highest BCUT2D eigenvalue weighted by atomic mass is 35.5. The molecular weight excluding hydrogens is 511 g/mol. The van der Waals surface area contributed by atoms with E-state index in [1.54, 1.807) is 46.8 Å². The Balaban J connectivity index is 1.58. The Morgan fingerprint density at radius 2 is 2.00 bits per heavy atom. The van der Waals surface area contributed by atoms with Crippen molar-refractivity contribution < 1.29 is 14.3 Å². The summed E-state index contributed by atoms with van der Waals surface area (Å²) in [6.45, 7) is 1.59. The SMILES string of the molecule is COCCCN(CC(=O)N1CCc2sccc2C1c1ccc(Cl)cc1Cl)C(=O)Cc1cccs1. The molecule has 34 heavy (non-hydrogen) atoms.